The van der Waals surface area contributed by atoms with E-state index in [0.717, 1.165) is 25.9 Å². The van der Waals surface area contributed by atoms with E-state index >= 15 is 0 Å². The van der Waals surface area contributed by atoms with Crippen LogP contribution >= 0.6 is 11.8 Å². The van der Waals surface area contributed by atoms with E-state index in [1.807, 2.05) is 11.8 Å². The summed E-state index contributed by atoms with van der Waals surface area (Å²) in [4.78, 5) is 11.9. The van der Waals surface area contributed by atoms with Crippen molar-refractivity contribution >= 4 is 17.7 Å². The first-order valence-corrected chi connectivity index (χ1v) is 7.54. The van der Waals surface area contributed by atoms with Crippen LogP contribution in [0.4, 0.5) is 0 Å². The van der Waals surface area contributed by atoms with Crippen LogP contribution in [0.15, 0.2) is 0 Å². The van der Waals surface area contributed by atoms with Gasteiger partial charge in [-0.15, -0.1) is 0 Å². The Labute approximate surface area is 102 Å². The number of carbonyl (C=O) groups is 1. The van der Waals surface area contributed by atoms with E-state index in [1.165, 1.54) is 25.7 Å². The lowest BCUT2D eigenvalue weighted by molar-refractivity contribution is -0.122. The van der Waals surface area contributed by atoms with Gasteiger partial charge in [-0.05, 0) is 38.5 Å². The Morgan fingerprint density at radius 1 is 1.44 bits per heavy atom. The first kappa shape index (κ1) is 12.2. The second kappa shape index (κ2) is 5.41. The molecule has 0 aromatic heterocycles. The highest BCUT2D eigenvalue weighted by Crippen LogP contribution is 2.39. The first-order valence-electron chi connectivity index (χ1n) is 6.32. The monoisotopic (exact) mass is 242 g/mol. The molecule has 1 saturated heterocycles. The van der Waals surface area contributed by atoms with Crippen LogP contribution in [0.1, 0.15) is 38.5 Å². The number of amides is 1. The predicted octanol–water partition coefficient (Wildman–Crippen LogP) is 1.53. The lowest BCUT2D eigenvalue weighted by atomic mass is 10.1. The molecule has 92 valence electrons. The van der Waals surface area contributed by atoms with Crippen LogP contribution in [-0.2, 0) is 4.79 Å². The number of thioether (sulfide) groups is 1. The first-order chi connectivity index (χ1) is 7.76. The van der Waals surface area contributed by atoms with Crippen LogP contribution in [0.25, 0.3) is 0 Å². The topological polar surface area (TPSA) is 41.1 Å². The van der Waals surface area contributed by atoms with Crippen LogP contribution in [0.3, 0.4) is 0 Å². The van der Waals surface area contributed by atoms with Gasteiger partial charge >= 0.3 is 0 Å². The standard InChI is InChI=1S/C12H22N2OS/c1-16-12(6-2-3-7-12)9-14-11(15)10-5-4-8-13-10/h10,13H,2-9H2,1H3,(H,14,15)/t10-/m1/s1. The van der Waals surface area contributed by atoms with E-state index in [-0.39, 0.29) is 11.9 Å². The van der Waals surface area contributed by atoms with Crippen LogP contribution in [0.2, 0.25) is 0 Å². The van der Waals surface area contributed by atoms with Gasteiger partial charge in [0.2, 0.25) is 5.91 Å². The Hall–Kier alpha value is -0.220. The molecule has 1 heterocycles. The van der Waals surface area contributed by atoms with E-state index in [9.17, 15) is 4.79 Å². The second-order valence-electron chi connectivity index (χ2n) is 4.96. The molecule has 0 radical (unpaired) electrons. The molecule has 1 saturated carbocycles. The van der Waals surface area contributed by atoms with Gasteiger partial charge in [-0.25, -0.2) is 0 Å². The van der Waals surface area contributed by atoms with Crippen molar-refractivity contribution in [2.24, 2.45) is 0 Å². The van der Waals surface area contributed by atoms with Gasteiger partial charge in [-0.2, -0.15) is 11.8 Å². The summed E-state index contributed by atoms with van der Waals surface area (Å²) in [6, 6.07) is 0.0697. The molecule has 0 unspecified atom stereocenters. The van der Waals surface area contributed by atoms with Crippen LogP contribution in [0, 0.1) is 0 Å². The van der Waals surface area contributed by atoms with Crippen molar-refractivity contribution in [3.63, 3.8) is 0 Å². The zero-order chi connectivity index (χ0) is 11.4. The molecular formula is C12H22N2OS. The molecule has 1 aliphatic heterocycles. The van der Waals surface area contributed by atoms with Gasteiger partial charge in [0.05, 0.1) is 6.04 Å². The number of rotatable bonds is 4. The number of hydrogen-bond donors (Lipinski definition) is 2. The maximum absolute atomic E-state index is 11.9. The van der Waals surface area contributed by atoms with Gasteiger partial charge in [-0.3, -0.25) is 4.79 Å². The summed E-state index contributed by atoms with van der Waals surface area (Å²) < 4.78 is 0.328. The molecule has 1 atom stereocenters. The molecule has 2 rings (SSSR count). The number of hydrogen-bond acceptors (Lipinski definition) is 3. The Kier molecular flexibility index (Phi) is 4.14. The fraction of sp³-hybridized carbons (Fsp3) is 0.917. The predicted molar refractivity (Wildman–Crippen MR) is 68.7 cm³/mol. The Morgan fingerprint density at radius 3 is 2.75 bits per heavy atom. The van der Waals surface area contributed by atoms with Gasteiger partial charge in [0.1, 0.15) is 0 Å². The number of nitrogens with one attached hydrogen (secondary N) is 2. The Bertz CT molecular complexity index is 245. The van der Waals surface area contributed by atoms with Gasteiger partial charge in [0.25, 0.3) is 0 Å². The van der Waals surface area contributed by atoms with Crippen LogP contribution in [-0.4, -0.2) is 36.0 Å². The van der Waals surface area contributed by atoms with Crippen LogP contribution < -0.4 is 10.6 Å². The van der Waals surface area contributed by atoms with E-state index in [1.54, 1.807) is 0 Å². The molecule has 0 aromatic rings. The second-order valence-corrected chi connectivity index (χ2v) is 6.24. The summed E-state index contributed by atoms with van der Waals surface area (Å²) in [6.45, 7) is 1.84. The minimum absolute atomic E-state index is 0.0697. The van der Waals surface area contributed by atoms with E-state index in [0.29, 0.717) is 4.75 Å². The smallest absolute Gasteiger partial charge is 0.237 e. The summed E-state index contributed by atoms with van der Waals surface area (Å²) in [6.07, 6.45) is 9.45. The molecule has 0 spiro atoms. The molecule has 4 heteroatoms. The SMILES string of the molecule is CSC1(CNC(=O)[C@H]2CCCN2)CCCC1. The quantitative estimate of drug-likeness (QED) is 0.785. The van der Waals surface area contributed by atoms with Gasteiger partial charge in [0, 0.05) is 11.3 Å². The van der Waals surface area contributed by atoms with Gasteiger partial charge in [-0.1, -0.05) is 12.8 Å². The summed E-state index contributed by atoms with van der Waals surface area (Å²) in [5.74, 6) is 0.206. The molecule has 1 aliphatic carbocycles. The fourth-order valence-electron chi connectivity index (χ4n) is 2.75. The van der Waals surface area contributed by atoms with E-state index < -0.39 is 0 Å². The molecule has 2 aliphatic rings. The van der Waals surface area contributed by atoms with Crippen molar-refractivity contribution < 1.29 is 4.79 Å². The summed E-state index contributed by atoms with van der Waals surface area (Å²) in [7, 11) is 0. The van der Waals surface area contributed by atoms with Crippen molar-refractivity contribution in [2.75, 3.05) is 19.3 Å². The summed E-state index contributed by atoms with van der Waals surface area (Å²) in [5.41, 5.74) is 0. The molecule has 1 amide bonds. The summed E-state index contributed by atoms with van der Waals surface area (Å²) in [5, 5.41) is 6.38. The highest BCUT2D eigenvalue weighted by molar-refractivity contribution is 8.00. The van der Waals surface area contributed by atoms with Crippen molar-refractivity contribution in [3.05, 3.63) is 0 Å². The maximum Gasteiger partial charge on any atom is 0.237 e. The molecule has 2 N–H and O–H groups in total. The van der Waals surface area contributed by atoms with Crippen molar-refractivity contribution in [2.45, 2.75) is 49.3 Å². The molecular weight excluding hydrogens is 220 g/mol. The van der Waals surface area contributed by atoms with Crippen molar-refractivity contribution in [3.8, 4) is 0 Å². The average Bonchev–Trinajstić information content (AvgIpc) is 2.98. The van der Waals surface area contributed by atoms with Crippen molar-refractivity contribution in [1.29, 1.82) is 0 Å². The summed E-state index contributed by atoms with van der Waals surface area (Å²) >= 11 is 1.93. The molecule has 16 heavy (non-hydrogen) atoms. The third kappa shape index (κ3) is 2.72. The lowest BCUT2D eigenvalue weighted by Crippen LogP contribution is -2.45. The Balaban J connectivity index is 1.79. The normalized spacial score (nSPS) is 28.2. The van der Waals surface area contributed by atoms with Gasteiger partial charge in [0.15, 0.2) is 0 Å². The lowest BCUT2D eigenvalue weighted by Gasteiger charge is -2.27. The zero-order valence-electron chi connectivity index (χ0n) is 10.1. The molecule has 0 bridgehead atoms. The zero-order valence-corrected chi connectivity index (χ0v) is 10.9. The molecule has 3 nitrogen and oxygen atoms in total. The van der Waals surface area contributed by atoms with Crippen LogP contribution in [0.5, 0.6) is 0 Å². The minimum Gasteiger partial charge on any atom is -0.353 e. The molecule has 0 aromatic carbocycles. The fourth-order valence-corrected chi connectivity index (χ4v) is 3.67. The molecule has 2 fully saturated rings. The Morgan fingerprint density at radius 2 is 2.19 bits per heavy atom. The van der Waals surface area contributed by atoms with Crippen molar-refractivity contribution in [1.82, 2.24) is 10.6 Å². The maximum atomic E-state index is 11.9. The van der Waals surface area contributed by atoms with Gasteiger partial charge < -0.3 is 10.6 Å². The highest BCUT2D eigenvalue weighted by atomic mass is 32.2. The van der Waals surface area contributed by atoms with E-state index in [4.69, 9.17) is 0 Å². The largest absolute Gasteiger partial charge is 0.353 e. The number of carbonyl (C=O) groups excluding carboxylic acids is 1. The third-order valence-electron chi connectivity index (χ3n) is 3.91. The van der Waals surface area contributed by atoms with E-state index in [2.05, 4.69) is 16.9 Å². The minimum atomic E-state index is 0.0697. The highest BCUT2D eigenvalue weighted by Gasteiger charge is 2.34. The third-order valence-corrected chi connectivity index (χ3v) is 5.33. The average molecular weight is 242 g/mol.